The van der Waals surface area contributed by atoms with Crippen molar-refractivity contribution in [2.45, 2.75) is 58.3 Å². The van der Waals surface area contributed by atoms with Crippen LogP contribution in [0.4, 0.5) is 0 Å². The first-order valence-electron chi connectivity index (χ1n) is 8.20. The Bertz CT molecular complexity index is 431. The standard InChI is InChI=1S/C18H30N2O/c1-6-16-7-9-17(10-8-16)18(19-5)15(4)20-11-14(3)21-12-13(20)2/h7-10,13-15,18-19H,6,11-12H2,1-5H3. The minimum atomic E-state index is 0.323. The smallest absolute Gasteiger partial charge is 0.0674 e. The predicted octanol–water partition coefficient (Wildman–Crippen LogP) is 3.01. The third-order valence-corrected chi connectivity index (χ3v) is 4.72. The van der Waals surface area contributed by atoms with E-state index in [2.05, 4.69) is 69.2 Å². The van der Waals surface area contributed by atoms with Gasteiger partial charge in [-0.05, 0) is 45.4 Å². The van der Waals surface area contributed by atoms with Gasteiger partial charge in [0, 0.05) is 24.7 Å². The van der Waals surface area contributed by atoms with E-state index in [1.54, 1.807) is 0 Å². The third-order valence-electron chi connectivity index (χ3n) is 4.72. The Kier molecular flexibility index (Phi) is 5.80. The van der Waals surface area contributed by atoms with Crippen LogP contribution in [0, 0.1) is 0 Å². The predicted molar refractivity (Wildman–Crippen MR) is 88.7 cm³/mol. The molecule has 0 bridgehead atoms. The van der Waals surface area contributed by atoms with E-state index in [4.69, 9.17) is 4.74 Å². The van der Waals surface area contributed by atoms with Crippen molar-refractivity contribution in [2.75, 3.05) is 20.2 Å². The van der Waals surface area contributed by atoms with Crippen LogP contribution in [0.25, 0.3) is 0 Å². The van der Waals surface area contributed by atoms with Gasteiger partial charge in [0.1, 0.15) is 0 Å². The van der Waals surface area contributed by atoms with Gasteiger partial charge >= 0.3 is 0 Å². The Hall–Kier alpha value is -0.900. The van der Waals surface area contributed by atoms with Gasteiger partial charge in [-0.1, -0.05) is 31.2 Å². The van der Waals surface area contributed by atoms with Gasteiger partial charge in [0.05, 0.1) is 12.7 Å². The van der Waals surface area contributed by atoms with Crippen LogP contribution in [0.15, 0.2) is 24.3 Å². The second-order valence-electron chi connectivity index (χ2n) is 6.29. The van der Waals surface area contributed by atoms with Crippen LogP contribution in [0.3, 0.4) is 0 Å². The average Bonchev–Trinajstić information content (AvgIpc) is 2.51. The molecule has 2 rings (SSSR count). The molecule has 0 amide bonds. The summed E-state index contributed by atoms with van der Waals surface area (Å²) in [4.78, 5) is 2.57. The van der Waals surface area contributed by atoms with E-state index >= 15 is 0 Å². The molecular weight excluding hydrogens is 260 g/mol. The molecule has 4 atom stereocenters. The number of likely N-dealkylation sites (N-methyl/N-ethyl adjacent to an activating group) is 1. The Balaban J connectivity index is 2.14. The molecule has 0 saturated carbocycles. The monoisotopic (exact) mass is 290 g/mol. The molecule has 0 spiro atoms. The largest absolute Gasteiger partial charge is 0.376 e. The van der Waals surface area contributed by atoms with Gasteiger partial charge in [0.25, 0.3) is 0 Å². The maximum Gasteiger partial charge on any atom is 0.0674 e. The summed E-state index contributed by atoms with van der Waals surface area (Å²) in [6.45, 7) is 10.8. The molecule has 1 aliphatic rings. The molecule has 118 valence electrons. The summed E-state index contributed by atoms with van der Waals surface area (Å²) in [6.07, 6.45) is 1.42. The number of nitrogens with one attached hydrogen (secondary N) is 1. The molecule has 1 N–H and O–H groups in total. The fourth-order valence-electron chi connectivity index (χ4n) is 3.34. The molecule has 1 aromatic rings. The van der Waals surface area contributed by atoms with Gasteiger partial charge in [-0.25, -0.2) is 0 Å². The van der Waals surface area contributed by atoms with Crippen LogP contribution in [0.1, 0.15) is 44.9 Å². The van der Waals surface area contributed by atoms with Crippen LogP contribution in [0.5, 0.6) is 0 Å². The zero-order valence-corrected chi connectivity index (χ0v) is 14.1. The Morgan fingerprint density at radius 2 is 1.95 bits per heavy atom. The van der Waals surface area contributed by atoms with E-state index in [0.29, 0.717) is 24.2 Å². The first-order valence-corrected chi connectivity index (χ1v) is 8.20. The van der Waals surface area contributed by atoms with Crippen molar-refractivity contribution in [1.29, 1.82) is 0 Å². The lowest BCUT2D eigenvalue weighted by Crippen LogP contribution is -2.54. The number of ether oxygens (including phenoxy) is 1. The lowest BCUT2D eigenvalue weighted by molar-refractivity contribution is -0.0683. The van der Waals surface area contributed by atoms with Crippen molar-refractivity contribution in [2.24, 2.45) is 0 Å². The summed E-state index contributed by atoms with van der Waals surface area (Å²) in [5.41, 5.74) is 2.77. The second-order valence-corrected chi connectivity index (χ2v) is 6.29. The molecule has 3 heteroatoms. The minimum absolute atomic E-state index is 0.323. The SMILES string of the molecule is CCc1ccc(C(NC)C(C)N2CC(C)OCC2C)cc1. The fourth-order valence-corrected chi connectivity index (χ4v) is 3.34. The molecule has 0 aromatic heterocycles. The van der Waals surface area contributed by atoms with Crippen molar-refractivity contribution in [3.63, 3.8) is 0 Å². The van der Waals surface area contributed by atoms with Crippen LogP contribution in [0.2, 0.25) is 0 Å². The van der Waals surface area contributed by atoms with Crippen molar-refractivity contribution < 1.29 is 4.74 Å². The topological polar surface area (TPSA) is 24.5 Å². The maximum absolute atomic E-state index is 5.76. The van der Waals surface area contributed by atoms with E-state index in [1.165, 1.54) is 11.1 Å². The summed E-state index contributed by atoms with van der Waals surface area (Å²) >= 11 is 0. The fraction of sp³-hybridized carbons (Fsp3) is 0.667. The normalized spacial score (nSPS) is 26.5. The van der Waals surface area contributed by atoms with E-state index in [0.717, 1.165) is 19.6 Å². The Morgan fingerprint density at radius 3 is 2.52 bits per heavy atom. The molecule has 1 saturated heterocycles. The van der Waals surface area contributed by atoms with Crippen molar-refractivity contribution >= 4 is 0 Å². The van der Waals surface area contributed by atoms with Gasteiger partial charge in [-0.15, -0.1) is 0 Å². The Labute approximate surface area is 129 Å². The van der Waals surface area contributed by atoms with E-state index < -0.39 is 0 Å². The van der Waals surface area contributed by atoms with Crippen LogP contribution >= 0.6 is 0 Å². The van der Waals surface area contributed by atoms with E-state index in [1.807, 2.05) is 0 Å². The molecule has 0 aliphatic carbocycles. The molecule has 21 heavy (non-hydrogen) atoms. The van der Waals surface area contributed by atoms with Gasteiger partial charge in [0.2, 0.25) is 0 Å². The van der Waals surface area contributed by atoms with E-state index in [9.17, 15) is 0 Å². The first kappa shape index (κ1) is 16.5. The number of hydrogen-bond acceptors (Lipinski definition) is 3. The lowest BCUT2D eigenvalue weighted by Gasteiger charge is -2.43. The zero-order valence-electron chi connectivity index (χ0n) is 14.1. The number of rotatable bonds is 5. The summed E-state index contributed by atoms with van der Waals surface area (Å²) < 4.78 is 5.76. The van der Waals surface area contributed by atoms with Crippen molar-refractivity contribution in [1.82, 2.24) is 10.2 Å². The minimum Gasteiger partial charge on any atom is -0.376 e. The summed E-state index contributed by atoms with van der Waals surface area (Å²) in [5.74, 6) is 0. The summed E-state index contributed by atoms with van der Waals surface area (Å²) in [5, 5.41) is 3.51. The summed E-state index contributed by atoms with van der Waals surface area (Å²) in [6, 6.07) is 10.3. The highest BCUT2D eigenvalue weighted by Crippen LogP contribution is 2.25. The number of morpholine rings is 1. The molecule has 0 radical (unpaired) electrons. The number of nitrogens with zero attached hydrogens (tertiary/aromatic N) is 1. The molecule has 3 nitrogen and oxygen atoms in total. The van der Waals surface area contributed by atoms with Gasteiger partial charge in [0.15, 0.2) is 0 Å². The zero-order chi connectivity index (χ0) is 15.4. The third kappa shape index (κ3) is 3.85. The van der Waals surface area contributed by atoms with Crippen molar-refractivity contribution in [3.05, 3.63) is 35.4 Å². The van der Waals surface area contributed by atoms with Gasteiger partial charge in [-0.3, -0.25) is 4.90 Å². The van der Waals surface area contributed by atoms with Crippen LogP contribution < -0.4 is 5.32 Å². The van der Waals surface area contributed by atoms with Crippen LogP contribution in [-0.4, -0.2) is 43.3 Å². The highest BCUT2D eigenvalue weighted by Gasteiger charge is 2.31. The van der Waals surface area contributed by atoms with Gasteiger partial charge < -0.3 is 10.1 Å². The molecule has 1 aromatic carbocycles. The quantitative estimate of drug-likeness (QED) is 0.902. The molecule has 1 fully saturated rings. The number of aryl methyl sites for hydroxylation is 1. The highest BCUT2D eigenvalue weighted by molar-refractivity contribution is 5.26. The molecule has 1 aliphatic heterocycles. The first-order chi connectivity index (χ1) is 10.1. The van der Waals surface area contributed by atoms with E-state index in [-0.39, 0.29) is 0 Å². The molecular formula is C18H30N2O. The molecule has 4 unspecified atom stereocenters. The highest BCUT2D eigenvalue weighted by atomic mass is 16.5. The van der Waals surface area contributed by atoms with Crippen LogP contribution in [-0.2, 0) is 11.2 Å². The lowest BCUT2D eigenvalue weighted by atomic mass is 9.96. The number of benzene rings is 1. The van der Waals surface area contributed by atoms with Gasteiger partial charge in [-0.2, -0.15) is 0 Å². The molecule has 1 heterocycles. The van der Waals surface area contributed by atoms with Crippen molar-refractivity contribution in [3.8, 4) is 0 Å². The summed E-state index contributed by atoms with van der Waals surface area (Å²) in [7, 11) is 2.06. The maximum atomic E-state index is 5.76. The average molecular weight is 290 g/mol. The Morgan fingerprint density at radius 1 is 1.29 bits per heavy atom. The second kappa shape index (κ2) is 7.39. The number of hydrogen-bond donors (Lipinski definition) is 1.